The first-order valence-electron chi connectivity index (χ1n) is 25.9. The number of hydrogen-bond acceptors (Lipinski definition) is 6. The summed E-state index contributed by atoms with van der Waals surface area (Å²) in [5.74, 6) is -0.158. The second kappa shape index (κ2) is 42.8. The van der Waals surface area contributed by atoms with E-state index in [9.17, 15) is 19.4 Å². The van der Waals surface area contributed by atoms with E-state index in [1.54, 1.807) is 0 Å². The van der Waals surface area contributed by atoms with E-state index < -0.39 is 20.0 Å². The van der Waals surface area contributed by atoms with E-state index in [4.69, 9.17) is 9.05 Å². The number of likely N-dealkylation sites (N-methyl/N-ethyl adjacent to an activating group) is 1. The minimum atomic E-state index is -4.56. The second-order valence-corrected chi connectivity index (χ2v) is 20.7. The summed E-state index contributed by atoms with van der Waals surface area (Å²) in [6, 6.07) is -0.793. The number of nitrogens with zero attached hydrogens (tertiary/aromatic N) is 1. The number of aliphatic hydroxyl groups is 1. The summed E-state index contributed by atoms with van der Waals surface area (Å²) in [7, 11) is 1.32. The number of phosphoric acid groups is 1. The standard InChI is InChI=1S/C50H103N2O6P/c1-6-8-10-12-14-16-18-20-22-23-24-25-26-27-28-30-32-34-36-38-40-42-44-50(54)51-48(47-58-59(55,56)57-46-45-52(3,4)5)49(53)43-41-39-37-35-33-31-29-21-19-17-15-13-11-9-7-2/h48-49,53H,6-47H2,1-5H3,(H-,51,54,55,56). The molecule has 0 aromatic heterocycles. The van der Waals surface area contributed by atoms with Gasteiger partial charge in [-0.1, -0.05) is 245 Å². The Kier molecular flexibility index (Phi) is 42.4. The molecule has 0 aromatic rings. The molecule has 0 aliphatic heterocycles. The van der Waals surface area contributed by atoms with Crippen LogP contribution in [0.5, 0.6) is 0 Å². The monoisotopic (exact) mass is 859 g/mol. The van der Waals surface area contributed by atoms with Crippen molar-refractivity contribution in [1.82, 2.24) is 5.32 Å². The zero-order chi connectivity index (χ0) is 43.6. The van der Waals surface area contributed by atoms with Crippen molar-refractivity contribution in [2.45, 2.75) is 276 Å². The van der Waals surface area contributed by atoms with Gasteiger partial charge in [0, 0.05) is 6.42 Å². The first-order valence-corrected chi connectivity index (χ1v) is 27.3. The van der Waals surface area contributed by atoms with Gasteiger partial charge in [-0.05, 0) is 12.8 Å². The van der Waals surface area contributed by atoms with Gasteiger partial charge in [0.05, 0.1) is 39.9 Å². The SMILES string of the molecule is CCCCCCCCCCCCCCCCCCCCCCCCC(=O)NC(COP(=O)([O-])OCC[N+](C)(C)C)C(O)CCCCCCCCCCCCCCCCC. The molecule has 0 saturated heterocycles. The van der Waals surface area contributed by atoms with E-state index in [0.717, 1.165) is 38.5 Å². The van der Waals surface area contributed by atoms with Crippen molar-refractivity contribution >= 4 is 13.7 Å². The van der Waals surface area contributed by atoms with Crippen LogP contribution in [0.25, 0.3) is 0 Å². The summed E-state index contributed by atoms with van der Waals surface area (Å²) >= 11 is 0. The number of rotatable bonds is 48. The highest BCUT2D eigenvalue weighted by atomic mass is 31.2. The quantitative estimate of drug-likeness (QED) is 0.0358. The van der Waals surface area contributed by atoms with E-state index in [1.807, 2.05) is 21.1 Å². The normalized spacial score (nSPS) is 14.1. The van der Waals surface area contributed by atoms with Crippen molar-refractivity contribution in [3.05, 3.63) is 0 Å². The fraction of sp³-hybridized carbons (Fsp3) is 0.980. The predicted molar refractivity (Wildman–Crippen MR) is 252 cm³/mol. The molecule has 0 aliphatic rings. The molecule has 0 rings (SSSR count). The molecule has 0 fully saturated rings. The van der Waals surface area contributed by atoms with Crippen molar-refractivity contribution in [3.8, 4) is 0 Å². The molecule has 0 bridgehead atoms. The molecular weight excluding hydrogens is 756 g/mol. The molecule has 0 heterocycles. The van der Waals surface area contributed by atoms with Crippen LogP contribution in [-0.2, 0) is 18.4 Å². The van der Waals surface area contributed by atoms with Gasteiger partial charge in [0.2, 0.25) is 5.91 Å². The van der Waals surface area contributed by atoms with E-state index in [1.165, 1.54) is 199 Å². The lowest BCUT2D eigenvalue weighted by Crippen LogP contribution is -2.46. The molecule has 0 spiro atoms. The Morgan fingerprint density at radius 2 is 0.831 bits per heavy atom. The minimum Gasteiger partial charge on any atom is -0.756 e. The van der Waals surface area contributed by atoms with E-state index in [0.29, 0.717) is 23.9 Å². The van der Waals surface area contributed by atoms with Crippen LogP contribution in [-0.4, -0.2) is 68.5 Å². The van der Waals surface area contributed by atoms with Crippen molar-refractivity contribution in [3.63, 3.8) is 0 Å². The summed E-state index contributed by atoms with van der Waals surface area (Å²) in [5, 5.41) is 14.0. The number of nitrogens with one attached hydrogen (secondary N) is 1. The van der Waals surface area contributed by atoms with Gasteiger partial charge in [-0.2, -0.15) is 0 Å². The molecule has 2 N–H and O–H groups in total. The van der Waals surface area contributed by atoms with Gasteiger partial charge in [0.1, 0.15) is 13.2 Å². The smallest absolute Gasteiger partial charge is 0.268 e. The Morgan fingerprint density at radius 3 is 1.15 bits per heavy atom. The second-order valence-electron chi connectivity index (χ2n) is 19.2. The maximum Gasteiger partial charge on any atom is 0.268 e. The fourth-order valence-corrected chi connectivity index (χ4v) is 8.71. The van der Waals surface area contributed by atoms with E-state index in [-0.39, 0.29) is 19.1 Å². The van der Waals surface area contributed by atoms with Crippen LogP contribution >= 0.6 is 7.82 Å². The van der Waals surface area contributed by atoms with Crippen LogP contribution in [0.1, 0.15) is 264 Å². The first kappa shape index (κ1) is 58.5. The number of carbonyl (C=O) groups is 1. The number of quaternary nitrogens is 1. The summed E-state index contributed by atoms with van der Waals surface area (Å²) in [5.41, 5.74) is 0. The number of phosphoric ester groups is 1. The molecule has 3 unspecified atom stereocenters. The molecule has 8 nitrogen and oxygen atoms in total. The minimum absolute atomic E-state index is 0.0164. The Balaban J connectivity index is 4.18. The lowest BCUT2D eigenvalue weighted by molar-refractivity contribution is -0.870. The highest BCUT2D eigenvalue weighted by Crippen LogP contribution is 2.38. The fourth-order valence-electron chi connectivity index (χ4n) is 7.98. The lowest BCUT2D eigenvalue weighted by Gasteiger charge is -2.30. The van der Waals surface area contributed by atoms with Crippen LogP contribution in [0.15, 0.2) is 0 Å². The van der Waals surface area contributed by atoms with Gasteiger partial charge >= 0.3 is 0 Å². The van der Waals surface area contributed by atoms with Crippen LogP contribution in [0, 0.1) is 0 Å². The molecule has 0 saturated carbocycles. The maximum absolute atomic E-state index is 12.9. The third-order valence-corrected chi connectivity index (χ3v) is 13.1. The molecule has 1 amide bonds. The highest BCUT2D eigenvalue weighted by molar-refractivity contribution is 7.45. The highest BCUT2D eigenvalue weighted by Gasteiger charge is 2.24. The zero-order valence-corrected chi connectivity index (χ0v) is 41.1. The average Bonchev–Trinajstić information content (AvgIpc) is 3.19. The predicted octanol–water partition coefficient (Wildman–Crippen LogP) is 14.3. The number of amides is 1. The third-order valence-electron chi connectivity index (χ3n) is 12.1. The first-order chi connectivity index (χ1) is 28.5. The number of unbranched alkanes of at least 4 members (excludes halogenated alkanes) is 35. The molecule has 0 aromatic carbocycles. The number of carbonyl (C=O) groups excluding carboxylic acids is 1. The van der Waals surface area contributed by atoms with Crippen molar-refractivity contribution in [1.29, 1.82) is 0 Å². The molecule has 9 heteroatoms. The van der Waals surface area contributed by atoms with Crippen molar-refractivity contribution < 1.29 is 32.9 Å². The maximum atomic E-state index is 12.9. The van der Waals surface area contributed by atoms with Crippen molar-refractivity contribution in [2.24, 2.45) is 0 Å². The van der Waals surface area contributed by atoms with Crippen LogP contribution in [0.3, 0.4) is 0 Å². The molecule has 354 valence electrons. The molecule has 59 heavy (non-hydrogen) atoms. The topological polar surface area (TPSA) is 108 Å². The summed E-state index contributed by atoms with van der Waals surface area (Å²) in [4.78, 5) is 25.4. The van der Waals surface area contributed by atoms with Gasteiger partial charge in [0.25, 0.3) is 7.82 Å². The third kappa shape index (κ3) is 45.3. The van der Waals surface area contributed by atoms with E-state index in [2.05, 4.69) is 19.2 Å². The van der Waals surface area contributed by atoms with E-state index >= 15 is 0 Å². The molecule has 0 radical (unpaired) electrons. The van der Waals surface area contributed by atoms with Gasteiger partial charge in [-0.3, -0.25) is 9.36 Å². The number of aliphatic hydroxyl groups excluding tert-OH is 1. The van der Waals surface area contributed by atoms with Crippen molar-refractivity contribution in [2.75, 3.05) is 40.9 Å². The Hall–Kier alpha value is -0.500. The largest absolute Gasteiger partial charge is 0.756 e. The van der Waals surface area contributed by atoms with Crippen LogP contribution in [0.4, 0.5) is 0 Å². The van der Waals surface area contributed by atoms with Crippen LogP contribution in [0.2, 0.25) is 0 Å². The Morgan fingerprint density at radius 1 is 0.525 bits per heavy atom. The molecule has 3 atom stereocenters. The number of hydrogen-bond donors (Lipinski definition) is 2. The molecule has 0 aliphatic carbocycles. The Bertz CT molecular complexity index is 932. The van der Waals surface area contributed by atoms with Gasteiger partial charge in [0.15, 0.2) is 0 Å². The Labute approximate surface area is 368 Å². The van der Waals surface area contributed by atoms with Gasteiger partial charge in [-0.25, -0.2) is 0 Å². The van der Waals surface area contributed by atoms with Gasteiger partial charge in [-0.15, -0.1) is 0 Å². The van der Waals surface area contributed by atoms with Gasteiger partial charge < -0.3 is 28.8 Å². The van der Waals surface area contributed by atoms with Crippen LogP contribution < -0.4 is 10.2 Å². The summed E-state index contributed by atoms with van der Waals surface area (Å²) in [6.07, 6.45) is 48.3. The molecular formula is C50H103N2O6P. The lowest BCUT2D eigenvalue weighted by atomic mass is 10.0. The summed E-state index contributed by atoms with van der Waals surface area (Å²) in [6.45, 7) is 4.76. The average molecular weight is 859 g/mol. The summed E-state index contributed by atoms with van der Waals surface area (Å²) < 4.78 is 23.3. The zero-order valence-electron chi connectivity index (χ0n) is 40.2.